The van der Waals surface area contributed by atoms with Gasteiger partial charge in [0.2, 0.25) is 0 Å². The third-order valence-electron chi connectivity index (χ3n) is 3.46. The molecule has 0 aliphatic heterocycles. The second-order valence-electron chi connectivity index (χ2n) is 5.03. The van der Waals surface area contributed by atoms with Gasteiger partial charge in [-0.25, -0.2) is 9.48 Å². The van der Waals surface area contributed by atoms with Crippen LogP contribution in [0.1, 0.15) is 10.5 Å². The van der Waals surface area contributed by atoms with E-state index in [0.29, 0.717) is 21.5 Å². The van der Waals surface area contributed by atoms with Gasteiger partial charge in [0, 0.05) is 10.4 Å². The second kappa shape index (κ2) is 6.72. The Hall–Kier alpha value is -2.86. The standard InChI is InChI=1S/C17H13ClN2O4/c18-11-5-7-12(8-6-11)24-10-9-20-16(21)14-4-2-1-3-13(14)15(19-20)17(22)23/h1-8H,9-10H2,(H,22,23). The molecule has 0 spiro atoms. The van der Waals surface area contributed by atoms with E-state index in [1.54, 1.807) is 48.5 Å². The highest BCUT2D eigenvalue weighted by Crippen LogP contribution is 2.16. The maximum Gasteiger partial charge on any atom is 0.357 e. The van der Waals surface area contributed by atoms with Crippen molar-refractivity contribution in [3.05, 3.63) is 69.6 Å². The SMILES string of the molecule is O=C(O)c1nn(CCOc2ccc(Cl)cc2)c(=O)c2ccccc12. The molecule has 1 aromatic heterocycles. The van der Waals surface area contributed by atoms with E-state index in [9.17, 15) is 14.7 Å². The summed E-state index contributed by atoms with van der Waals surface area (Å²) in [6.07, 6.45) is 0. The highest BCUT2D eigenvalue weighted by molar-refractivity contribution is 6.30. The highest BCUT2D eigenvalue weighted by Gasteiger charge is 2.15. The Labute approximate surface area is 141 Å². The highest BCUT2D eigenvalue weighted by atomic mass is 35.5. The van der Waals surface area contributed by atoms with Gasteiger partial charge in [0.25, 0.3) is 5.56 Å². The fourth-order valence-electron chi connectivity index (χ4n) is 2.33. The van der Waals surface area contributed by atoms with Crippen LogP contribution < -0.4 is 10.3 Å². The molecule has 2 aromatic carbocycles. The Morgan fingerprint density at radius 3 is 2.46 bits per heavy atom. The number of ether oxygens (including phenoxy) is 1. The van der Waals surface area contributed by atoms with Gasteiger partial charge in [-0.1, -0.05) is 29.8 Å². The molecule has 3 aromatic rings. The van der Waals surface area contributed by atoms with Crippen molar-refractivity contribution >= 4 is 28.3 Å². The number of benzene rings is 2. The van der Waals surface area contributed by atoms with Crippen LogP contribution >= 0.6 is 11.6 Å². The fraction of sp³-hybridized carbons (Fsp3) is 0.118. The first kappa shape index (κ1) is 16.0. The molecule has 3 rings (SSSR count). The van der Waals surface area contributed by atoms with Crippen molar-refractivity contribution < 1.29 is 14.6 Å². The number of fused-ring (bicyclic) bond motifs is 1. The molecule has 0 fully saturated rings. The average molecular weight is 345 g/mol. The van der Waals surface area contributed by atoms with Gasteiger partial charge in [-0.05, 0) is 30.3 Å². The van der Waals surface area contributed by atoms with Crippen LogP contribution in [0.2, 0.25) is 5.02 Å². The van der Waals surface area contributed by atoms with Gasteiger partial charge in [-0.3, -0.25) is 4.79 Å². The number of hydrogen-bond donors (Lipinski definition) is 1. The van der Waals surface area contributed by atoms with E-state index in [1.165, 1.54) is 0 Å². The molecule has 1 N–H and O–H groups in total. The van der Waals surface area contributed by atoms with Gasteiger partial charge in [0.1, 0.15) is 12.4 Å². The molecule has 0 amide bonds. The Kier molecular flexibility index (Phi) is 4.48. The molecule has 122 valence electrons. The summed E-state index contributed by atoms with van der Waals surface area (Å²) in [4.78, 5) is 23.8. The summed E-state index contributed by atoms with van der Waals surface area (Å²) in [7, 11) is 0. The molecular weight excluding hydrogens is 332 g/mol. The maximum atomic E-state index is 12.4. The van der Waals surface area contributed by atoms with E-state index in [1.807, 2.05) is 0 Å². The molecule has 0 bridgehead atoms. The number of carbonyl (C=O) groups is 1. The summed E-state index contributed by atoms with van der Waals surface area (Å²) in [5.41, 5.74) is -0.507. The van der Waals surface area contributed by atoms with E-state index in [0.717, 1.165) is 4.68 Å². The molecule has 7 heteroatoms. The zero-order valence-corrected chi connectivity index (χ0v) is 13.2. The smallest absolute Gasteiger partial charge is 0.357 e. The van der Waals surface area contributed by atoms with Crippen LogP contribution in [0.4, 0.5) is 0 Å². The van der Waals surface area contributed by atoms with Crippen LogP contribution in [-0.4, -0.2) is 27.5 Å². The van der Waals surface area contributed by atoms with Crippen molar-refractivity contribution in [2.75, 3.05) is 6.61 Å². The zero-order valence-electron chi connectivity index (χ0n) is 12.5. The van der Waals surface area contributed by atoms with Crippen LogP contribution in [0.15, 0.2) is 53.3 Å². The lowest BCUT2D eigenvalue weighted by Crippen LogP contribution is -2.28. The van der Waals surface area contributed by atoms with E-state index in [-0.39, 0.29) is 24.4 Å². The summed E-state index contributed by atoms with van der Waals surface area (Å²) in [6.45, 7) is 0.304. The van der Waals surface area contributed by atoms with Crippen molar-refractivity contribution in [2.45, 2.75) is 6.54 Å². The van der Waals surface area contributed by atoms with Gasteiger partial charge in [-0.15, -0.1) is 0 Å². The Balaban J connectivity index is 1.86. The average Bonchev–Trinajstić information content (AvgIpc) is 2.58. The Morgan fingerprint density at radius 2 is 1.79 bits per heavy atom. The number of hydrogen-bond acceptors (Lipinski definition) is 4. The van der Waals surface area contributed by atoms with Crippen molar-refractivity contribution in [1.29, 1.82) is 0 Å². The van der Waals surface area contributed by atoms with E-state index in [4.69, 9.17) is 16.3 Å². The number of rotatable bonds is 5. The molecule has 0 aliphatic rings. The minimum Gasteiger partial charge on any atom is -0.492 e. The number of aromatic nitrogens is 2. The molecule has 0 atom stereocenters. The van der Waals surface area contributed by atoms with Crippen molar-refractivity contribution in [1.82, 2.24) is 9.78 Å². The first-order chi connectivity index (χ1) is 11.6. The van der Waals surface area contributed by atoms with Crippen molar-refractivity contribution in [3.63, 3.8) is 0 Å². The molecular formula is C17H13ClN2O4. The molecule has 0 saturated heterocycles. The largest absolute Gasteiger partial charge is 0.492 e. The first-order valence-corrected chi connectivity index (χ1v) is 7.55. The molecule has 0 radical (unpaired) electrons. The van der Waals surface area contributed by atoms with Crippen LogP contribution in [-0.2, 0) is 6.54 Å². The van der Waals surface area contributed by atoms with Crippen LogP contribution in [0.3, 0.4) is 0 Å². The molecule has 0 aliphatic carbocycles. The topological polar surface area (TPSA) is 81.4 Å². The summed E-state index contributed by atoms with van der Waals surface area (Å²) in [5, 5.41) is 14.5. The lowest BCUT2D eigenvalue weighted by atomic mass is 10.1. The van der Waals surface area contributed by atoms with Gasteiger partial charge >= 0.3 is 5.97 Å². The summed E-state index contributed by atoms with van der Waals surface area (Å²) in [5.74, 6) is -0.578. The van der Waals surface area contributed by atoms with Crippen molar-refractivity contribution in [2.24, 2.45) is 0 Å². The van der Waals surface area contributed by atoms with E-state index in [2.05, 4.69) is 5.10 Å². The normalized spacial score (nSPS) is 10.7. The number of nitrogens with zero attached hydrogens (tertiary/aromatic N) is 2. The number of halogens is 1. The second-order valence-corrected chi connectivity index (χ2v) is 5.47. The van der Waals surface area contributed by atoms with Crippen LogP contribution in [0.25, 0.3) is 10.8 Å². The molecule has 24 heavy (non-hydrogen) atoms. The van der Waals surface area contributed by atoms with Gasteiger partial charge in [-0.2, -0.15) is 5.10 Å². The predicted molar refractivity (Wildman–Crippen MR) is 89.9 cm³/mol. The summed E-state index contributed by atoms with van der Waals surface area (Å²) < 4.78 is 6.64. The van der Waals surface area contributed by atoms with Crippen LogP contribution in [0.5, 0.6) is 5.75 Å². The van der Waals surface area contributed by atoms with Crippen molar-refractivity contribution in [3.8, 4) is 5.75 Å². The lowest BCUT2D eigenvalue weighted by molar-refractivity contribution is 0.0689. The third-order valence-corrected chi connectivity index (χ3v) is 3.71. The number of carboxylic acids is 1. The predicted octanol–water partition coefficient (Wildman–Crippen LogP) is 2.83. The molecule has 0 unspecified atom stereocenters. The summed E-state index contributed by atoms with van der Waals surface area (Å²) in [6, 6.07) is 13.3. The molecule has 1 heterocycles. The van der Waals surface area contributed by atoms with E-state index >= 15 is 0 Å². The molecule has 0 saturated carbocycles. The number of aromatic carboxylic acids is 1. The minimum atomic E-state index is -1.18. The fourth-order valence-corrected chi connectivity index (χ4v) is 2.45. The quantitative estimate of drug-likeness (QED) is 0.769. The summed E-state index contributed by atoms with van der Waals surface area (Å²) >= 11 is 5.80. The third kappa shape index (κ3) is 3.23. The van der Waals surface area contributed by atoms with Gasteiger partial charge < -0.3 is 9.84 Å². The Bertz CT molecular complexity index is 951. The Morgan fingerprint density at radius 1 is 1.12 bits per heavy atom. The zero-order chi connectivity index (χ0) is 17.1. The van der Waals surface area contributed by atoms with Gasteiger partial charge in [0.15, 0.2) is 5.69 Å². The van der Waals surface area contributed by atoms with Gasteiger partial charge in [0.05, 0.1) is 11.9 Å². The monoisotopic (exact) mass is 344 g/mol. The molecule has 6 nitrogen and oxygen atoms in total. The number of carboxylic acid groups (broad SMARTS) is 1. The minimum absolute atomic E-state index is 0.132. The maximum absolute atomic E-state index is 12.4. The lowest BCUT2D eigenvalue weighted by Gasteiger charge is -2.10. The van der Waals surface area contributed by atoms with Crippen LogP contribution in [0, 0.1) is 0 Å². The first-order valence-electron chi connectivity index (χ1n) is 7.18. The van der Waals surface area contributed by atoms with E-state index < -0.39 is 5.97 Å².